The van der Waals surface area contributed by atoms with Crippen LogP contribution in [0.3, 0.4) is 0 Å². The maximum Gasteiger partial charge on any atom is 0.193 e. The molecule has 2 N–H and O–H groups in total. The Balaban J connectivity index is 1.13. The maximum atomic E-state index is 17.6. The molecule has 0 amide bonds. The van der Waals surface area contributed by atoms with Gasteiger partial charge in [0.2, 0.25) is 0 Å². The fraction of sp³-hybridized carbons (Fsp3) is 0.538. The Morgan fingerprint density at radius 2 is 1.83 bits per heavy atom. The lowest BCUT2D eigenvalue weighted by atomic mass is 9.44. The average Bonchev–Trinajstić information content (AvgIpc) is 3.55. The van der Waals surface area contributed by atoms with Crippen LogP contribution in [0, 0.1) is 28.6 Å². The van der Waals surface area contributed by atoms with Gasteiger partial charge >= 0.3 is 0 Å². The van der Waals surface area contributed by atoms with E-state index < -0.39 is 76.8 Å². The number of benzene rings is 2. The van der Waals surface area contributed by atoms with Gasteiger partial charge in [0, 0.05) is 33.0 Å². The largest absolute Gasteiger partial charge is 0.390 e. The number of ketones is 2. The molecule has 0 unspecified atom stereocenters. The van der Waals surface area contributed by atoms with Gasteiger partial charge in [0.05, 0.1) is 12.2 Å². The second kappa shape index (κ2) is 12.0. The molecule has 1 saturated heterocycles. The van der Waals surface area contributed by atoms with Crippen LogP contribution in [-0.2, 0) is 31.2 Å². The Bertz CT molecular complexity index is 1670. The average molecular weight is 679 g/mol. The van der Waals surface area contributed by atoms with Gasteiger partial charge in [-0.05, 0) is 85.4 Å². The van der Waals surface area contributed by atoms with Gasteiger partial charge in [-0.1, -0.05) is 63.2 Å². The number of thioether (sulfide) groups is 1. The third-order valence-corrected chi connectivity index (χ3v) is 13.2. The highest BCUT2D eigenvalue weighted by Gasteiger charge is 2.80. The van der Waals surface area contributed by atoms with E-state index in [2.05, 4.69) is 38.1 Å². The molecule has 3 saturated carbocycles. The second-order valence-corrected chi connectivity index (χ2v) is 16.3. The molecule has 2 aromatic carbocycles. The molecule has 10 atom stereocenters. The summed E-state index contributed by atoms with van der Waals surface area (Å²) in [5.74, 6) is -1.21. The van der Waals surface area contributed by atoms with Gasteiger partial charge in [-0.3, -0.25) is 9.59 Å². The molecular weight excluding hydrogens is 634 g/mol. The number of alkyl halides is 2. The number of halogens is 2. The van der Waals surface area contributed by atoms with Crippen LogP contribution in [-0.4, -0.2) is 58.0 Å². The van der Waals surface area contributed by atoms with Gasteiger partial charge < -0.3 is 19.7 Å². The Hall–Kier alpha value is -2.69. The molecule has 4 aliphatic carbocycles. The number of ether oxygens (including phenoxy) is 2. The second-order valence-electron chi connectivity index (χ2n) is 15.3. The normalized spacial score (nSPS) is 39.9. The number of carbonyl (C=O) groups is 2. The number of allylic oxidation sites excluding steroid dienone is 4. The lowest BCUT2D eigenvalue weighted by molar-refractivity contribution is -0.235. The summed E-state index contributed by atoms with van der Waals surface area (Å²) >= 11 is 1.76. The van der Waals surface area contributed by atoms with E-state index in [-0.39, 0.29) is 24.8 Å². The van der Waals surface area contributed by atoms with Gasteiger partial charge in [-0.15, -0.1) is 11.8 Å². The van der Waals surface area contributed by atoms with E-state index >= 15 is 8.78 Å². The van der Waals surface area contributed by atoms with Gasteiger partial charge in [0.25, 0.3) is 0 Å². The molecule has 0 spiro atoms. The van der Waals surface area contributed by atoms with E-state index in [1.807, 2.05) is 24.3 Å². The van der Waals surface area contributed by atoms with Gasteiger partial charge in [-0.25, -0.2) is 8.78 Å². The van der Waals surface area contributed by atoms with Crippen LogP contribution >= 0.6 is 11.8 Å². The summed E-state index contributed by atoms with van der Waals surface area (Å²) < 4.78 is 46.5. The van der Waals surface area contributed by atoms with Crippen molar-refractivity contribution in [2.45, 2.75) is 100.0 Å². The SMILES string of the molecule is CC(C)Cc1cccc(SCc2ccc([C@@H]3O[C@@H]4C[C@H]5[C@@H]6C[C@H](F)C7=CC(=O)C=C[C@]7(C)[C@@]6(F)[C@@H](O)C[C@]5(C)[C@]4(C(=O)CO)O3)cc2)c1. The van der Waals surface area contributed by atoms with E-state index in [9.17, 15) is 19.8 Å². The predicted octanol–water partition coefficient (Wildman–Crippen LogP) is 6.82. The van der Waals surface area contributed by atoms with Crippen molar-refractivity contribution in [2.75, 3.05) is 6.61 Å². The molecule has 1 heterocycles. The number of hydrogen-bond donors (Lipinski definition) is 2. The summed E-state index contributed by atoms with van der Waals surface area (Å²) in [5.41, 5.74) is -3.44. The zero-order chi connectivity index (χ0) is 34.2. The van der Waals surface area contributed by atoms with Crippen molar-refractivity contribution < 1.29 is 38.1 Å². The highest BCUT2D eigenvalue weighted by atomic mass is 32.2. The maximum absolute atomic E-state index is 17.6. The molecule has 0 bridgehead atoms. The first-order chi connectivity index (χ1) is 22.8. The summed E-state index contributed by atoms with van der Waals surface area (Å²) in [5, 5.41) is 21.9. The van der Waals surface area contributed by atoms with Gasteiger partial charge in [-0.2, -0.15) is 0 Å². The summed E-state index contributed by atoms with van der Waals surface area (Å²) in [6.07, 6.45) is -0.266. The molecule has 0 aromatic heterocycles. The molecule has 7 rings (SSSR count). The molecule has 6 nitrogen and oxygen atoms in total. The summed E-state index contributed by atoms with van der Waals surface area (Å²) in [7, 11) is 0. The van der Waals surface area contributed by atoms with Crippen LogP contribution in [0.4, 0.5) is 8.78 Å². The lowest BCUT2D eigenvalue weighted by Crippen LogP contribution is -2.70. The van der Waals surface area contributed by atoms with Crippen LogP contribution in [0.15, 0.2) is 77.2 Å². The van der Waals surface area contributed by atoms with E-state index in [1.165, 1.54) is 22.6 Å². The van der Waals surface area contributed by atoms with Crippen molar-refractivity contribution >= 4 is 23.3 Å². The standard InChI is InChI=1S/C39H44F2O6S/c1-22(2)14-24-6-5-7-27(15-24)48-21-23-8-10-25(11-9-23)35-46-34-18-28-29-17-31(40)30-16-26(43)12-13-36(30,3)38(29,41)32(44)19-37(28,4)39(34,47-35)33(45)20-42/h5-13,15-16,22,28-29,31-32,34-35,42,44H,14,17-21H2,1-4H3/t28-,29-,31-,32-,34+,35+,36-,37-,38-,39+/m0/s1. The zero-order valence-electron chi connectivity index (χ0n) is 27.8. The quantitative estimate of drug-likeness (QED) is 0.296. The van der Waals surface area contributed by atoms with Crippen molar-refractivity contribution in [1.29, 1.82) is 0 Å². The van der Waals surface area contributed by atoms with E-state index in [0.717, 1.165) is 23.8 Å². The van der Waals surface area contributed by atoms with Crippen LogP contribution in [0.5, 0.6) is 0 Å². The Morgan fingerprint density at radius 1 is 1.08 bits per heavy atom. The van der Waals surface area contributed by atoms with E-state index in [4.69, 9.17) is 9.47 Å². The minimum Gasteiger partial charge on any atom is -0.390 e. The van der Waals surface area contributed by atoms with Crippen LogP contribution in [0.25, 0.3) is 0 Å². The van der Waals surface area contributed by atoms with Crippen LogP contribution in [0.1, 0.15) is 69.9 Å². The topological polar surface area (TPSA) is 93.1 Å². The highest BCUT2D eigenvalue weighted by Crippen LogP contribution is 2.72. The Morgan fingerprint density at radius 3 is 2.54 bits per heavy atom. The van der Waals surface area contributed by atoms with Gasteiger partial charge in [0.1, 0.15) is 12.8 Å². The number of aliphatic hydroxyl groups is 2. The summed E-state index contributed by atoms with van der Waals surface area (Å²) in [4.78, 5) is 27.1. The summed E-state index contributed by atoms with van der Waals surface area (Å²) in [6.45, 7) is 6.95. The number of hydrogen-bond acceptors (Lipinski definition) is 7. The van der Waals surface area contributed by atoms with E-state index in [0.29, 0.717) is 11.5 Å². The molecular formula is C39H44F2O6S. The molecule has 0 radical (unpaired) electrons. The molecule has 2 aromatic rings. The predicted molar refractivity (Wildman–Crippen MR) is 179 cm³/mol. The number of rotatable bonds is 8. The molecule has 1 aliphatic heterocycles. The Labute approximate surface area is 285 Å². The minimum atomic E-state index is -2.28. The first-order valence-electron chi connectivity index (χ1n) is 17.0. The zero-order valence-corrected chi connectivity index (χ0v) is 28.6. The molecule has 256 valence electrons. The minimum absolute atomic E-state index is 0.0461. The first-order valence-corrected chi connectivity index (χ1v) is 18.0. The monoisotopic (exact) mass is 678 g/mol. The molecule has 48 heavy (non-hydrogen) atoms. The fourth-order valence-corrected chi connectivity index (χ4v) is 10.8. The number of Topliss-reactive ketones (excluding diaryl/α,β-unsaturated/α-hetero) is 1. The van der Waals surface area contributed by atoms with Crippen LogP contribution < -0.4 is 0 Å². The lowest BCUT2D eigenvalue weighted by Gasteiger charge is -2.63. The third kappa shape index (κ3) is 4.86. The Kier molecular flexibility index (Phi) is 8.43. The number of carbonyl (C=O) groups excluding carboxylic acids is 2. The molecule has 9 heteroatoms. The first kappa shape index (κ1) is 33.8. The molecule has 5 aliphatic rings. The number of aliphatic hydroxyl groups excluding tert-OH is 2. The van der Waals surface area contributed by atoms with Crippen molar-refractivity contribution in [3.63, 3.8) is 0 Å². The van der Waals surface area contributed by atoms with Crippen LogP contribution in [0.2, 0.25) is 0 Å². The van der Waals surface area contributed by atoms with Crippen molar-refractivity contribution in [1.82, 2.24) is 0 Å². The van der Waals surface area contributed by atoms with E-state index in [1.54, 1.807) is 25.6 Å². The van der Waals surface area contributed by atoms with Crippen molar-refractivity contribution in [3.8, 4) is 0 Å². The van der Waals surface area contributed by atoms with Crippen molar-refractivity contribution in [3.05, 3.63) is 89.0 Å². The van der Waals surface area contributed by atoms with Crippen molar-refractivity contribution in [2.24, 2.45) is 28.6 Å². The fourth-order valence-electron chi connectivity index (χ4n) is 9.89. The third-order valence-electron chi connectivity index (χ3n) is 12.1. The smallest absolute Gasteiger partial charge is 0.193 e. The number of fused-ring (bicyclic) bond motifs is 7. The molecule has 4 fully saturated rings. The summed E-state index contributed by atoms with van der Waals surface area (Å²) in [6, 6.07) is 16.4. The van der Waals surface area contributed by atoms with Gasteiger partial charge in [0.15, 0.2) is 29.1 Å². The highest BCUT2D eigenvalue weighted by molar-refractivity contribution is 7.98.